The van der Waals surface area contributed by atoms with Gasteiger partial charge in [-0.25, -0.2) is 4.98 Å². The zero-order valence-corrected chi connectivity index (χ0v) is 19.4. The van der Waals surface area contributed by atoms with Crippen LogP contribution in [0.1, 0.15) is 25.3 Å². The summed E-state index contributed by atoms with van der Waals surface area (Å²) in [5.41, 5.74) is 1.24. The molecule has 0 unspecified atom stereocenters. The molecule has 0 saturated carbocycles. The Morgan fingerprint density at radius 2 is 1.84 bits per heavy atom. The van der Waals surface area contributed by atoms with Gasteiger partial charge in [0, 0.05) is 29.6 Å². The summed E-state index contributed by atoms with van der Waals surface area (Å²) in [6, 6.07) is 5.31. The van der Waals surface area contributed by atoms with Crippen LogP contribution >= 0.6 is 0 Å². The van der Waals surface area contributed by atoms with Crippen molar-refractivity contribution >= 4 is 16.7 Å². The van der Waals surface area contributed by atoms with Gasteiger partial charge in [0.1, 0.15) is 11.5 Å². The standard InChI is InChI=1S/C21H30N2O7S/c1-6-28-20(29-7-2)11-22-19(24)13-31(25)12-16-14(3)30-21(23-16)15-8-9-17(26-4)18(10-15)27-5/h8-10,20H,6-7,11-13H2,1-5H3,(H,22,24)/t31-/m0/s1. The van der Waals surface area contributed by atoms with Gasteiger partial charge in [-0.1, -0.05) is 0 Å². The van der Waals surface area contributed by atoms with Crippen molar-refractivity contribution in [1.82, 2.24) is 10.3 Å². The average molecular weight is 455 g/mol. The van der Waals surface area contributed by atoms with Crippen LogP contribution < -0.4 is 14.8 Å². The maximum atomic E-state index is 12.5. The highest BCUT2D eigenvalue weighted by atomic mass is 32.2. The van der Waals surface area contributed by atoms with Gasteiger partial charge in [-0.3, -0.25) is 9.00 Å². The van der Waals surface area contributed by atoms with Gasteiger partial charge in [0.25, 0.3) is 0 Å². The van der Waals surface area contributed by atoms with Crippen LogP contribution in [0.4, 0.5) is 0 Å². The van der Waals surface area contributed by atoms with E-state index in [1.54, 1.807) is 39.3 Å². The Balaban J connectivity index is 1.97. The van der Waals surface area contributed by atoms with Crippen LogP contribution in [0.15, 0.2) is 22.6 Å². The van der Waals surface area contributed by atoms with E-state index in [9.17, 15) is 9.00 Å². The molecule has 31 heavy (non-hydrogen) atoms. The topological polar surface area (TPSA) is 109 Å². The van der Waals surface area contributed by atoms with E-state index in [1.807, 2.05) is 13.8 Å². The summed E-state index contributed by atoms with van der Waals surface area (Å²) in [5, 5.41) is 2.69. The van der Waals surface area contributed by atoms with Crippen LogP contribution in [0, 0.1) is 6.92 Å². The van der Waals surface area contributed by atoms with E-state index in [0.29, 0.717) is 47.6 Å². The molecule has 0 saturated heterocycles. The molecule has 2 rings (SSSR count). The first kappa shape index (κ1) is 24.8. The Morgan fingerprint density at radius 3 is 2.45 bits per heavy atom. The van der Waals surface area contributed by atoms with Gasteiger partial charge in [0.05, 0.1) is 32.2 Å². The van der Waals surface area contributed by atoms with Crippen molar-refractivity contribution < 1.29 is 32.4 Å². The second kappa shape index (κ2) is 12.4. The van der Waals surface area contributed by atoms with Crippen molar-refractivity contribution in [2.45, 2.75) is 32.8 Å². The molecule has 0 aliphatic heterocycles. The van der Waals surface area contributed by atoms with E-state index >= 15 is 0 Å². The van der Waals surface area contributed by atoms with E-state index in [1.165, 1.54) is 0 Å². The number of hydrogen-bond donors (Lipinski definition) is 1. The quantitative estimate of drug-likeness (QED) is 0.460. The molecule has 0 spiro atoms. The van der Waals surface area contributed by atoms with Crippen molar-refractivity contribution in [3.8, 4) is 23.0 Å². The Kier molecular flexibility index (Phi) is 9.96. The predicted molar refractivity (Wildman–Crippen MR) is 117 cm³/mol. The van der Waals surface area contributed by atoms with Gasteiger partial charge < -0.3 is 28.7 Å². The Labute approximate surface area is 184 Å². The van der Waals surface area contributed by atoms with Crippen molar-refractivity contribution in [1.29, 1.82) is 0 Å². The molecule has 0 aliphatic carbocycles. The molecule has 0 fully saturated rings. The molecule has 0 radical (unpaired) electrons. The lowest BCUT2D eigenvalue weighted by Crippen LogP contribution is -2.37. The minimum absolute atomic E-state index is 0.108. The second-order valence-corrected chi connectivity index (χ2v) is 7.92. The molecule has 1 heterocycles. The van der Waals surface area contributed by atoms with E-state index in [0.717, 1.165) is 0 Å². The Hall–Kier alpha value is -2.43. The monoisotopic (exact) mass is 454 g/mol. The number of oxazole rings is 1. The molecule has 1 aromatic carbocycles. The van der Waals surface area contributed by atoms with E-state index in [-0.39, 0.29) is 24.0 Å². The Bertz CT molecular complexity index is 879. The van der Waals surface area contributed by atoms with E-state index < -0.39 is 17.1 Å². The largest absolute Gasteiger partial charge is 0.493 e. The maximum Gasteiger partial charge on any atom is 0.232 e. The minimum Gasteiger partial charge on any atom is -0.493 e. The van der Waals surface area contributed by atoms with Crippen LogP contribution in [0.2, 0.25) is 0 Å². The fraction of sp³-hybridized carbons (Fsp3) is 0.524. The third kappa shape index (κ3) is 7.34. The maximum absolute atomic E-state index is 12.5. The first-order valence-electron chi connectivity index (χ1n) is 9.95. The fourth-order valence-electron chi connectivity index (χ4n) is 2.79. The van der Waals surface area contributed by atoms with Gasteiger partial charge >= 0.3 is 0 Å². The molecule has 0 aliphatic rings. The smallest absolute Gasteiger partial charge is 0.232 e. The summed E-state index contributed by atoms with van der Waals surface area (Å²) >= 11 is 0. The summed E-state index contributed by atoms with van der Waals surface area (Å²) in [4.78, 5) is 16.6. The highest BCUT2D eigenvalue weighted by Gasteiger charge is 2.18. The van der Waals surface area contributed by atoms with Crippen molar-refractivity contribution in [3.63, 3.8) is 0 Å². The fourth-order valence-corrected chi connectivity index (χ4v) is 3.86. The van der Waals surface area contributed by atoms with Gasteiger partial charge in [0.2, 0.25) is 11.8 Å². The summed E-state index contributed by atoms with van der Waals surface area (Å²) in [5.74, 6) is 1.69. The lowest BCUT2D eigenvalue weighted by molar-refractivity contribution is -0.139. The molecule has 172 valence electrons. The van der Waals surface area contributed by atoms with Gasteiger partial charge in [-0.05, 0) is 39.0 Å². The van der Waals surface area contributed by atoms with Crippen LogP contribution in [0.25, 0.3) is 11.5 Å². The van der Waals surface area contributed by atoms with E-state index in [4.69, 9.17) is 23.4 Å². The Morgan fingerprint density at radius 1 is 1.16 bits per heavy atom. The van der Waals surface area contributed by atoms with Crippen molar-refractivity contribution in [3.05, 3.63) is 29.7 Å². The summed E-state index contributed by atoms with van der Waals surface area (Å²) in [6.07, 6.45) is -0.519. The van der Waals surface area contributed by atoms with Gasteiger partial charge in [-0.2, -0.15) is 0 Å². The highest BCUT2D eigenvalue weighted by molar-refractivity contribution is 7.84. The van der Waals surface area contributed by atoms with Crippen molar-refractivity contribution in [2.24, 2.45) is 0 Å². The number of aryl methyl sites for hydroxylation is 1. The number of nitrogens with one attached hydrogen (secondary N) is 1. The van der Waals surface area contributed by atoms with Crippen LogP contribution in [0.5, 0.6) is 11.5 Å². The highest BCUT2D eigenvalue weighted by Crippen LogP contribution is 2.32. The molecular weight excluding hydrogens is 424 g/mol. The number of carbonyl (C=O) groups excluding carboxylic acids is 1. The number of methoxy groups -OCH3 is 2. The lowest BCUT2D eigenvalue weighted by Gasteiger charge is -2.17. The zero-order chi connectivity index (χ0) is 22.8. The summed E-state index contributed by atoms with van der Waals surface area (Å²) < 4.78 is 39.5. The number of hydrogen-bond acceptors (Lipinski definition) is 8. The normalized spacial score (nSPS) is 12.1. The zero-order valence-electron chi connectivity index (χ0n) is 18.6. The molecule has 0 bridgehead atoms. The molecule has 2 aromatic rings. The number of rotatable bonds is 13. The summed E-state index contributed by atoms with van der Waals surface area (Å²) in [6.45, 7) is 6.59. The third-order valence-electron chi connectivity index (χ3n) is 4.28. The number of benzene rings is 1. The van der Waals surface area contributed by atoms with Gasteiger partial charge in [-0.15, -0.1) is 0 Å². The first-order valence-corrected chi connectivity index (χ1v) is 11.4. The lowest BCUT2D eigenvalue weighted by atomic mass is 10.2. The number of nitrogens with zero attached hydrogens (tertiary/aromatic N) is 1. The summed E-state index contributed by atoms with van der Waals surface area (Å²) in [7, 11) is 1.66. The third-order valence-corrected chi connectivity index (χ3v) is 5.46. The van der Waals surface area contributed by atoms with Gasteiger partial charge in [0.15, 0.2) is 17.8 Å². The molecule has 10 heteroatoms. The van der Waals surface area contributed by atoms with E-state index in [2.05, 4.69) is 10.3 Å². The molecular formula is C21H30N2O7S. The molecule has 1 N–H and O–H groups in total. The van der Waals surface area contributed by atoms with Crippen LogP contribution in [-0.2, 0) is 30.8 Å². The molecule has 1 aromatic heterocycles. The number of aromatic nitrogens is 1. The minimum atomic E-state index is -1.45. The number of ether oxygens (including phenoxy) is 4. The average Bonchev–Trinajstić information content (AvgIpc) is 3.11. The first-order chi connectivity index (χ1) is 14.9. The molecule has 1 amide bonds. The SMILES string of the molecule is CCOC(CNC(=O)C[S@@](=O)Cc1nc(-c2ccc(OC)c(OC)c2)oc1C)OCC. The van der Waals surface area contributed by atoms with Crippen LogP contribution in [-0.4, -0.2) is 61.1 Å². The van der Waals surface area contributed by atoms with Crippen LogP contribution in [0.3, 0.4) is 0 Å². The molecule has 1 atom stereocenters. The number of carbonyl (C=O) groups is 1. The predicted octanol–water partition coefficient (Wildman–Crippen LogP) is 2.43. The second-order valence-electron chi connectivity index (χ2n) is 6.46. The molecule has 9 nitrogen and oxygen atoms in total. The number of amides is 1. The van der Waals surface area contributed by atoms with Crippen molar-refractivity contribution in [2.75, 3.05) is 39.7 Å².